The molecule has 1 saturated heterocycles. The summed E-state index contributed by atoms with van der Waals surface area (Å²) < 4.78 is 44.3. The van der Waals surface area contributed by atoms with Gasteiger partial charge in [-0.05, 0) is 96.4 Å². The fraction of sp³-hybridized carbons (Fsp3) is 0.720. The molecule has 3 rings (SSSR count). The summed E-state index contributed by atoms with van der Waals surface area (Å²) in [5, 5.41) is 6.62. The number of halogens is 3. The maximum Gasteiger partial charge on any atom is 0.407 e. The van der Waals surface area contributed by atoms with Crippen molar-refractivity contribution in [1.82, 2.24) is 5.32 Å². The molecular formula is C25H38F3N3O2. The average Bonchev–Trinajstić information content (AvgIpc) is 2.70. The number of aryl methyl sites for hydroxylation is 2. The van der Waals surface area contributed by atoms with Crippen molar-refractivity contribution in [2.24, 2.45) is 5.92 Å². The lowest BCUT2D eigenvalue weighted by molar-refractivity contribution is -0.179. The number of piperidine rings is 1. The minimum atomic E-state index is -4.09. The lowest BCUT2D eigenvalue weighted by Gasteiger charge is -2.36. The third kappa shape index (κ3) is 7.18. The molecular weight excluding hydrogens is 431 g/mol. The topological polar surface area (TPSA) is 53.6 Å². The molecule has 1 saturated carbocycles. The van der Waals surface area contributed by atoms with Crippen LogP contribution in [0.5, 0.6) is 0 Å². The Kier molecular flexibility index (Phi) is 7.74. The van der Waals surface area contributed by atoms with Crippen molar-refractivity contribution in [2.45, 2.75) is 97.0 Å². The van der Waals surface area contributed by atoms with Crippen LogP contribution in [0.1, 0.15) is 70.4 Å². The minimum Gasteiger partial charge on any atom is -0.444 e. The van der Waals surface area contributed by atoms with Gasteiger partial charge in [-0.1, -0.05) is 0 Å². The second kappa shape index (κ2) is 10.0. The highest BCUT2D eigenvalue weighted by atomic mass is 19.4. The van der Waals surface area contributed by atoms with E-state index < -0.39 is 17.7 Å². The minimum absolute atomic E-state index is 0.128. The van der Waals surface area contributed by atoms with Gasteiger partial charge in [0.2, 0.25) is 0 Å². The van der Waals surface area contributed by atoms with Crippen LogP contribution in [-0.2, 0) is 4.74 Å². The van der Waals surface area contributed by atoms with E-state index in [2.05, 4.69) is 27.7 Å². The molecule has 1 aliphatic carbocycles. The SMILES string of the molecule is Cc1cc(N2CCC(C(F)(F)F)CC2)c(C)cc1NC1CCC(NC(=O)OC(C)(C)C)CC1. The standard InChI is InChI=1S/C25H38F3N3O2/c1-16-15-22(31-12-10-18(11-13-31)25(26,27)28)17(2)14-21(16)29-19-6-8-20(9-7-19)30-23(32)33-24(3,4)5/h14-15,18-20,29H,6-13H2,1-5H3,(H,30,32). The number of hydrogen-bond acceptors (Lipinski definition) is 4. The lowest BCUT2D eigenvalue weighted by atomic mass is 9.90. The fourth-order valence-corrected chi connectivity index (χ4v) is 4.82. The van der Waals surface area contributed by atoms with Crippen LogP contribution < -0.4 is 15.5 Å². The van der Waals surface area contributed by atoms with E-state index >= 15 is 0 Å². The van der Waals surface area contributed by atoms with Crippen molar-refractivity contribution in [3.63, 3.8) is 0 Å². The molecule has 0 bridgehead atoms. The molecule has 0 unspecified atom stereocenters. The number of nitrogens with zero attached hydrogens (tertiary/aromatic N) is 1. The lowest BCUT2D eigenvalue weighted by Crippen LogP contribution is -2.42. The number of ether oxygens (including phenoxy) is 1. The largest absolute Gasteiger partial charge is 0.444 e. The van der Waals surface area contributed by atoms with E-state index in [0.717, 1.165) is 48.2 Å². The summed E-state index contributed by atoms with van der Waals surface area (Å²) in [5.41, 5.74) is 3.78. The summed E-state index contributed by atoms with van der Waals surface area (Å²) in [4.78, 5) is 14.1. The van der Waals surface area contributed by atoms with Gasteiger partial charge in [0.25, 0.3) is 0 Å². The molecule has 0 spiro atoms. The van der Waals surface area contributed by atoms with Gasteiger partial charge in [0.05, 0.1) is 5.92 Å². The van der Waals surface area contributed by atoms with Crippen molar-refractivity contribution in [3.05, 3.63) is 23.3 Å². The Morgan fingerprint density at radius 2 is 1.52 bits per heavy atom. The Balaban J connectivity index is 1.53. The van der Waals surface area contributed by atoms with E-state index in [9.17, 15) is 18.0 Å². The summed E-state index contributed by atoms with van der Waals surface area (Å²) >= 11 is 0. The van der Waals surface area contributed by atoms with Gasteiger partial charge in [0, 0.05) is 36.5 Å². The van der Waals surface area contributed by atoms with Gasteiger partial charge < -0.3 is 20.3 Å². The number of alkyl halides is 3. The number of benzene rings is 1. The quantitative estimate of drug-likeness (QED) is 0.541. The highest BCUT2D eigenvalue weighted by Crippen LogP contribution is 2.37. The number of nitrogens with one attached hydrogen (secondary N) is 2. The third-order valence-corrected chi connectivity index (χ3v) is 6.65. The summed E-state index contributed by atoms with van der Waals surface area (Å²) in [6.45, 7) is 10.5. The number of alkyl carbamates (subject to hydrolysis) is 1. The molecule has 1 aromatic rings. The first-order chi connectivity index (χ1) is 15.3. The summed E-state index contributed by atoms with van der Waals surface area (Å²) in [6.07, 6.45) is -0.461. The normalized spacial score (nSPS) is 22.7. The van der Waals surface area contributed by atoms with Gasteiger partial charge in [-0.3, -0.25) is 0 Å². The second-order valence-electron chi connectivity index (χ2n) is 10.6. The van der Waals surface area contributed by atoms with Crippen LogP contribution >= 0.6 is 0 Å². The van der Waals surface area contributed by atoms with Gasteiger partial charge in [-0.15, -0.1) is 0 Å². The molecule has 5 nitrogen and oxygen atoms in total. The summed E-state index contributed by atoms with van der Waals surface area (Å²) in [6, 6.07) is 4.67. The molecule has 0 atom stereocenters. The van der Waals surface area contributed by atoms with E-state index in [1.807, 2.05) is 34.6 Å². The molecule has 0 radical (unpaired) electrons. The van der Waals surface area contributed by atoms with Crippen LogP contribution in [0.15, 0.2) is 12.1 Å². The van der Waals surface area contributed by atoms with Crippen LogP contribution in [0.4, 0.5) is 29.3 Å². The Morgan fingerprint density at radius 3 is 2.06 bits per heavy atom. The zero-order valence-electron chi connectivity index (χ0n) is 20.4. The number of hydrogen-bond donors (Lipinski definition) is 2. The van der Waals surface area contributed by atoms with Crippen LogP contribution in [-0.4, -0.2) is 43.0 Å². The van der Waals surface area contributed by atoms with Gasteiger partial charge in [0.1, 0.15) is 5.60 Å². The van der Waals surface area contributed by atoms with Crippen LogP contribution in [0.2, 0.25) is 0 Å². The fourth-order valence-electron chi connectivity index (χ4n) is 4.82. The van der Waals surface area contributed by atoms with Crippen molar-refractivity contribution in [2.75, 3.05) is 23.3 Å². The van der Waals surface area contributed by atoms with Gasteiger partial charge in [-0.25, -0.2) is 4.79 Å². The van der Waals surface area contributed by atoms with Crippen molar-refractivity contribution < 1.29 is 22.7 Å². The number of amides is 1. The van der Waals surface area contributed by atoms with E-state index in [1.54, 1.807) is 0 Å². The molecule has 2 aliphatic rings. The molecule has 1 aliphatic heterocycles. The molecule has 2 fully saturated rings. The van der Waals surface area contributed by atoms with Crippen molar-refractivity contribution in [3.8, 4) is 0 Å². The second-order valence-corrected chi connectivity index (χ2v) is 10.6. The molecule has 8 heteroatoms. The van der Waals surface area contributed by atoms with Gasteiger partial charge in [-0.2, -0.15) is 13.2 Å². The summed E-state index contributed by atoms with van der Waals surface area (Å²) in [5.74, 6) is -1.18. The molecule has 33 heavy (non-hydrogen) atoms. The first-order valence-electron chi connectivity index (χ1n) is 12.0. The Labute approximate surface area is 195 Å². The van der Waals surface area contributed by atoms with Crippen molar-refractivity contribution in [1.29, 1.82) is 0 Å². The smallest absolute Gasteiger partial charge is 0.407 e. The number of rotatable bonds is 4. The highest BCUT2D eigenvalue weighted by molar-refractivity contribution is 5.68. The van der Waals surface area contributed by atoms with E-state index in [0.29, 0.717) is 19.1 Å². The zero-order chi connectivity index (χ0) is 24.4. The molecule has 186 valence electrons. The Hall–Kier alpha value is -2.12. The maximum atomic E-state index is 13.0. The van der Waals surface area contributed by atoms with Gasteiger partial charge >= 0.3 is 12.3 Å². The Bertz CT molecular complexity index is 819. The van der Waals surface area contributed by atoms with Crippen LogP contribution in [0.3, 0.4) is 0 Å². The first-order valence-corrected chi connectivity index (χ1v) is 12.0. The number of anilines is 2. The first kappa shape index (κ1) is 25.5. The molecule has 1 aromatic carbocycles. The van der Waals surface area contributed by atoms with Crippen LogP contribution in [0, 0.1) is 19.8 Å². The number of carbonyl (C=O) groups is 1. The number of carbonyl (C=O) groups excluding carboxylic acids is 1. The van der Waals surface area contributed by atoms with Crippen molar-refractivity contribution >= 4 is 17.5 Å². The molecule has 1 heterocycles. The summed E-state index contributed by atoms with van der Waals surface area (Å²) in [7, 11) is 0. The molecule has 1 amide bonds. The Morgan fingerprint density at radius 1 is 0.939 bits per heavy atom. The van der Waals surface area contributed by atoms with E-state index in [4.69, 9.17) is 4.74 Å². The highest BCUT2D eigenvalue weighted by Gasteiger charge is 2.41. The average molecular weight is 470 g/mol. The van der Waals surface area contributed by atoms with E-state index in [1.165, 1.54) is 0 Å². The maximum absolute atomic E-state index is 13.0. The zero-order valence-corrected chi connectivity index (χ0v) is 20.4. The predicted octanol–water partition coefficient (Wildman–Crippen LogP) is 6.33. The van der Waals surface area contributed by atoms with Gasteiger partial charge in [0.15, 0.2) is 0 Å². The molecule has 0 aromatic heterocycles. The molecule has 2 N–H and O–H groups in total. The third-order valence-electron chi connectivity index (χ3n) is 6.65. The van der Waals surface area contributed by atoms with Crippen LogP contribution in [0.25, 0.3) is 0 Å². The van der Waals surface area contributed by atoms with E-state index in [-0.39, 0.29) is 25.0 Å². The predicted molar refractivity (Wildman–Crippen MR) is 126 cm³/mol. The monoisotopic (exact) mass is 469 g/mol.